The molecule has 0 radical (unpaired) electrons. The minimum atomic E-state index is 0.0248. The van der Waals surface area contributed by atoms with Crippen molar-refractivity contribution in [3.05, 3.63) is 35.4 Å². The number of ether oxygens (including phenoxy) is 1. The van der Waals surface area contributed by atoms with Crippen LogP contribution in [0.25, 0.3) is 0 Å². The quantitative estimate of drug-likeness (QED) is 0.820. The summed E-state index contributed by atoms with van der Waals surface area (Å²) in [5.41, 5.74) is 2.11. The normalized spacial score (nSPS) is 16.3. The molecule has 1 aromatic carbocycles. The lowest BCUT2D eigenvalue weighted by atomic mass is 9.87. The summed E-state index contributed by atoms with van der Waals surface area (Å²) in [5.74, 6) is 0.0248. The summed E-state index contributed by atoms with van der Waals surface area (Å²) in [4.78, 5) is 14.6. The number of morpholine rings is 1. The van der Waals surface area contributed by atoms with Crippen LogP contribution >= 0.6 is 0 Å². The Morgan fingerprint density at radius 2 is 1.78 bits per heavy atom. The van der Waals surface area contributed by atoms with Gasteiger partial charge in [-0.15, -0.1) is 0 Å². The van der Waals surface area contributed by atoms with E-state index in [0.29, 0.717) is 0 Å². The van der Waals surface area contributed by atoms with Gasteiger partial charge in [0, 0.05) is 25.2 Å². The van der Waals surface area contributed by atoms with Gasteiger partial charge < -0.3 is 10.1 Å². The van der Waals surface area contributed by atoms with E-state index in [1.807, 2.05) is 24.3 Å². The molecular formula is C19H30N2O2. The van der Waals surface area contributed by atoms with Crippen molar-refractivity contribution in [3.8, 4) is 0 Å². The van der Waals surface area contributed by atoms with Gasteiger partial charge in [-0.25, -0.2) is 0 Å². The van der Waals surface area contributed by atoms with E-state index in [-0.39, 0.29) is 11.3 Å². The zero-order valence-electron chi connectivity index (χ0n) is 14.7. The number of benzene rings is 1. The summed E-state index contributed by atoms with van der Waals surface area (Å²) in [7, 11) is 0. The summed E-state index contributed by atoms with van der Waals surface area (Å²) in [6.45, 7) is 12.1. The van der Waals surface area contributed by atoms with E-state index in [9.17, 15) is 4.79 Å². The second-order valence-electron chi connectivity index (χ2n) is 7.24. The third-order valence-electron chi connectivity index (χ3n) is 4.30. The average molecular weight is 318 g/mol. The maximum atomic E-state index is 12.1. The molecule has 0 unspecified atom stereocenters. The molecule has 1 aromatic rings. The van der Waals surface area contributed by atoms with Crippen molar-refractivity contribution in [1.29, 1.82) is 0 Å². The molecule has 0 bridgehead atoms. The molecule has 23 heavy (non-hydrogen) atoms. The molecule has 4 nitrogen and oxygen atoms in total. The van der Waals surface area contributed by atoms with E-state index >= 15 is 0 Å². The molecule has 1 aliphatic rings. The molecular weight excluding hydrogens is 288 g/mol. The third kappa shape index (κ3) is 5.96. The summed E-state index contributed by atoms with van der Waals surface area (Å²) in [6, 6.07) is 7.94. The van der Waals surface area contributed by atoms with Gasteiger partial charge in [0.05, 0.1) is 13.2 Å². The van der Waals surface area contributed by atoms with Crippen molar-refractivity contribution < 1.29 is 9.53 Å². The largest absolute Gasteiger partial charge is 0.379 e. The number of amides is 1. The molecule has 4 heteroatoms. The summed E-state index contributed by atoms with van der Waals surface area (Å²) < 4.78 is 5.34. The first-order valence-electron chi connectivity index (χ1n) is 8.66. The fourth-order valence-corrected chi connectivity index (χ4v) is 2.71. The van der Waals surface area contributed by atoms with Crippen molar-refractivity contribution in [3.63, 3.8) is 0 Å². The molecule has 1 saturated heterocycles. The topological polar surface area (TPSA) is 41.6 Å². The number of rotatable bonds is 6. The maximum absolute atomic E-state index is 12.1. The van der Waals surface area contributed by atoms with Crippen LogP contribution in [0.3, 0.4) is 0 Å². The molecule has 1 N–H and O–H groups in total. The highest BCUT2D eigenvalue weighted by Gasteiger charge is 2.14. The fraction of sp³-hybridized carbons (Fsp3) is 0.632. The van der Waals surface area contributed by atoms with Crippen LogP contribution in [-0.4, -0.2) is 50.2 Å². The second-order valence-corrected chi connectivity index (χ2v) is 7.24. The number of carbonyl (C=O) groups excluding carboxylic acids is 1. The van der Waals surface area contributed by atoms with E-state index in [0.717, 1.165) is 57.8 Å². The van der Waals surface area contributed by atoms with Crippen LogP contribution in [0.15, 0.2) is 24.3 Å². The van der Waals surface area contributed by atoms with Crippen molar-refractivity contribution in [1.82, 2.24) is 10.2 Å². The Hall–Kier alpha value is -1.39. The smallest absolute Gasteiger partial charge is 0.251 e. The molecule has 1 heterocycles. The van der Waals surface area contributed by atoms with Crippen LogP contribution in [0, 0.1) is 0 Å². The number of unbranched alkanes of at least 4 members (excludes halogenated alkanes) is 1. The van der Waals surface area contributed by atoms with E-state index in [1.54, 1.807) is 0 Å². The molecule has 1 fully saturated rings. The lowest BCUT2D eigenvalue weighted by molar-refractivity contribution is 0.0372. The van der Waals surface area contributed by atoms with Crippen molar-refractivity contribution in [2.24, 2.45) is 0 Å². The number of hydrogen-bond donors (Lipinski definition) is 1. The van der Waals surface area contributed by atoms with Gasteiger partial charge in [-0.1, -0.05) is 32.9 Å². The Kier molecular flexibility index (Phi) is 6.60. The van der Waals surface area contributed by atoms with Crippen molar-refractivity contribution >= 4 is 5.91 Å². The van der Waals surface area contributed by atoms with Gasteiger partial charge in [-0.05, 0) is 42.5 Å². The standard InChI is InChI=1S/C19H30N2O2/c1-19(2,3)17-8-6-16(7-9-17)18(22)20-10-4-5-11-21-12-14-23-15-13-21/h6-9H,4-5,10-15H2,1-3H3,(H,20,22). The van der Waals surface area contributed by atoms with Crippen LogP contribution in [0.5, 0.6) is 0 Å². The predicted molar refractivity (Wildman–Crippen MR) is 94.0 cm³/mol. The minimum absolute atomic E-state index is 0.0248. The van der Waals surface area contributed by atoms with E-state index < -0.39 is 0 Å². The molecule has 128 valence electrons. The van der Waals surface area contributed by atoms with Crippen LogP contribution in [-0.2, 0) is 10.2 Å². The molecule has 1 aliphatic heterocycles. The SMILES string of the molecule is CC(C)(C)c1ccc(C(=O)NCCCCN2CCOCC2)cc1. The number of nitrogens with zero attached hydrogens (tertiary/aromatic N) is 1. The first kappa shape index (κ1) is 18.0. The Bertz CT molecular complexity index is 485. The minimum Gasteiger partial charge on any atom is -0.379 e. The lowest BCUT2D eigenvalue weighted by Gasteiger charge is -2.26. The summed E-state index contributed by atoms with van der Waals surface area (Å²) >= 11 is 0. The number of hydrogen-bond acceptors (Lipinski definition) is 3. The van der Waals surface area contributed by atoms with Gasteiger partial charge in [-0.3, -0.25) is 9.69 Å². The first-order valence-corrected chi connectivity index (χ1v) is 8.66. The maximum Gasteiger partial charge on any atom is 0.251 e. The average Bonchev–Trinajstić information content (AvgIpc) is 2.54. The van der Waals surface area contributed by atoms with E-state index in [4.69, 9.17) is 4.74 Å². The third-order valence-corrected chi connectivity index (χ3v) is 4.30. The van der Waals surface area contributed by atoms with Crippen LogP contribution in [0.4, 0.5) is 0 Å². The molecule has 0 saturated carbocycles. The van der Waals surface area contributed by atoms with Gasteiger partial charge in [0.15, 0.2) is 0 Å². The lowest BCUT2D eigenvalue weighted by Crippen LogP contribution is -2.37. The van der Waals surface area contributed by atoms with E-state index in [2.05, 4.69) is 31.0 Å². The predicted octanol–water partition coefficient (Wildman–Crippen LogP) is 2.83. The Morgan fingerprint density at radius 3 is 2.39 bits per heavy atom. The number of nitrogens with one attached hydrogen (secondary N) is 1. The zero-order chi connectivity index (χ0) is 16.7. The Balaban J connectivity index is 1.66. The van der Waals surface area contributed by atoms with Gasteiger partial charge >= 0.3 is 0 Å². The van der Waals surface area contributed by atoms with E-state index in [1.165, 1.54) is 5.56 Å². The first-order chi connectivity index (χ1) is 11.0. The highest BCUT2D eigenvalue weighted by atomic mass is 16.5. The molecule has 0 spiro atoms. The highest BCUT2D eigenvalue weighted by molar-refractivity contribution is 5.94. The monoisotopic (exact) mass is 318 g/mol. The second kappa shape index (κ2) is 8.46. The number of carbonyl (C=O) groups is 1. The van der Waals surface area contributed by atoms with Gasteiger partial charge in [-0.2, -0.15) is 0 Å². The Labute approximate surface area is 140 Å². The molecule has 0 atom stereocenters. The summed E-state index contributed by atoms with van der Waals surface area (Å²) in [5, 5.41) is 3.01. The Morgan fingerprint density at radius 1 is 1.13 bits per heavy atom. The molecule has 2 rings (SSSR count). The van der Waals surface area contributed by atoms with Crippen LogP contribution in [0.2, 0.25) is 0 Å². The zero-order valence-corrected chi connectivity index (χ0v) is 14.7. The fourth-order valence-electron chi connectivity index (χ4n) is 2.71. The molecule has 1 amide bonds. The molecule has 0 aliphatic carbocycles. The van der Waals surface area contributed by atoms with Gasteiger partial charge in [0.25, 0.3) is 5.91 Å². The highest BCUT2D eigenvalue weighted by Crippen LogP contribution is 2.22. The summed E-state index contributed by atoms with van der Waals surface area (Å²) in [6.07, 6.45) is 2.13. The van der Waals surface area contributed by atoms with Crippen molar-refractivity contribution in [2.75, 3.05) is 39.4 Å². The van der Waals surface area contributed by atoms with Crippen molar-refractivity contribution in [2.45, 2.75) is 39.0 Å². The molecule has 0 aromatic heterocycles. The van der Waals surface area contributed by atoms with Gasteiger partial charge in [0.1, 0.15) is 0 Å². The van der Waals surface area contributed by atoms with Gasteiger partial charge in [0.2, 0.25) is 0 Å². The van der Waals surface area contributed by atoms with Crippen LogP contribution < -0.4 is 5.32 Å². The van der Waals surface area contributed by atoms with Crippen LogP contribution in [0.1, 0.15) is 49.5 Å².